The van der Waals surface area contributed by atoms with E-state index in [0.717, 1.165) is 10.9 Å². The van der Waals surface area contributed by atoms with Crippen LogP contribution in [0.2, 0.25) is 0 Å². The van der Waals surface area contributed by atoms with E-state index < -0.39 is 6.09 Å². The fourth-order valence-corrected chi connectivity index (χ4v) is 2.39. The van der Waals surface area contributed by atoms with Gasteiger partial charge in [-0.25, -0.2) is 14.8 Å². The molecule has 0 aliphatic carbocycles. The van der Waals surface area contributed by atoms with Crippen molar-refractivity contribution in [1.82, 2.24) is 14.9 Å². The first kappa shape index (κ1) is 13.4. The van der Waals surface area contributed by atoms with E-state index in [4.69, 9.17) is 14.6 Å². The highest BCUT2D eigenvalue weighted by Crippen LogP contribution is 2.27. The minimum absolute atomic E-state index is 0.189. The molecule has 7 heteroatoms. The summed E-state index contributed by atoms with van der Waals surface area (Å²) >= 11 is 0. The number of methoxy groups -OCH3 is 1. The summed E-state index contributed by atoms with van der Waals surface area (Å²) in [5.41, 5.74) is 0.758. The van der Waals surface area contributed by atoms with E-state index in [1.54, 1.807) is 7.11 Å². The maximum atomic E-state index is 10.9. The molecule has 1 amide bonds. The highest BCUT2D eigenvalue weighted by atomic mass is 16.5. The second-order valence-electron chi connectivity index (χ2n) is 4.82. The average Bonchev–Trinajstić information content (AvgIpc) is 2.96. The van der Waals surface area contributed by atoms with Crippen LogP contribution >= 0.6 is 0 Å². The van der Waals surface area contributed by atoms with Crippen molar-refractivity contribution < 1.29 is 19.4 Å². The van der Waals surface area contributed by atoms with E-state index >= 15 is 0 Å². The summed E-state index contributed by atoms with van der Waals surface area (Å²) in [5.74, 6) is 1.15. The van der Waals surface area contributed by atoms with Crippen LogP contribution < -0.4 is 9.47 Å². The molecule has 2 aromatic rings. The van der Waals surface area contributed by atoms with Crippen molar-refractivity contribution in [2.24, 2.45) is 0 Å². The van der Waals surface area contributed by atoms with Gasteiger partial charge in [0.05, 0.1) is 24.6 Å². The van der Waals surface area contributed by atoms with Crippen LogP contribution in [-0.2, 0) is 0 Å². The summed E-state index contributed by atoms with van der Waals surface area (Å²) in [5, 5.41) is 9.72. The summed E-state index contributed by atoms with van der Waals surface area (Å²) in [6.07, 6.45) is 0.983. The number of likely N-dealkylation sites (tertiary alicyclic amines) is 1. The van der Waals surface area contributed by atoms with Crippen molar-refractivity contribution in [2.75, 3.05) is 20.2 Å². The Kier molecular flexibility index (Phi) is 3.47. The van der Waals surface area contributed by atoms with E-state index in [9.17, 15) is 4.79 Å². The number of hydrogen-bond acceptors (Lipinski definition) is 5. The third kappa shape index (κ3) is 2.67. The van der Waals surface area contributed by atoms with Crippen LogP contribution in [0.1, 0.15) is 6.42 Å². The normalized spacial score (nSPS) is 18.0. The Hall–Kier alpha value is -2.57. The fraction of sp³-hybridized carbons (Fsp3) is 0.357. The minimum atomic E-state index is -0.921. The summed E-state index contributed by atoms with van der Waals surface area (Å²) in [6, 6.07) is 5.47. The van der Waals surface area contributed by atoms with Gasteiger partial charge in [-0.05, 0) is 18.2 Å². The number of hydrogen-bond donors (Lipinski definition) is 1. The molecule has 1 N–H and O–H groups in total. The molecule has 1 atom stereocenters. The SMILES string of the molecule is COc1ccc2ncnc(O[C@@H]3CCN(C(=O)O)C3)c2c1. The van der Waals surface area contributed by atoms with Gasteiger partial charge in [-0.3, -0.25) is 0 Å². The van der Waals surface area contributed by atoms with Gasteiger partial charge in [-0.2, -0.15) is 0 Å². The van der Waals surface area contributed by atoms with Gasteiger partial charge in [0.2, 0.25) is 5.88 Å². The van der Waals surface area contributed by atoms with Crippen molar-refractivity contribution in [1.29, 1.82) is 0 Å². The Labute approximate surface area is 121 Å². The van der Waals surface area contributed by atoms with Gasteiger partial charge in [0.1, 0.15) is 18.2 Å². The molecule has 2 heterocycles. The molecule has 110 valence electrons. The number of aromatic nitrogens is 2. The Morgan fingerprint density at radius 3 is 3.00 bits per heavy atom. The number of nitrogens with zero attached hydrogens (tertiary/aromatic N) is 3. The van der Waals surface area contributed by atoms with Gasteiger partial charge in [-0.1, -0.05) is 0 Å². The lowest BCUT2D eigenvalue weighted by molar-refractivity contribution is 0.145. The highest BCUT2D eigenvalue weighted by molar-refractivity contribution is 5.84. The van der Waals surface area contributed by atoms with E-state index in [-0.39, 0.29) is 6.10 Å². The first-order valence-electron chi connectivity index (χ1n) is 6.60. The van der Waals surface area contributed by atoms with Gasteiger partial charge < -0.3 is 19.5 Å². The number of carboxylic acid groups (broad SMARTS) is 1. The predicted octanol–water partition coefficient (Wildman–Crippen LogP) is 1.77. The molecule has 21 heavy (non-hydrogen) atoms. The van der Waals surface area contributed by atoms with Crippen molar-refractivity contribution in [3.05, 3.63) is 24.5 Å². The summed E-state index contributed by atoms with van der Waals surface area (Å²) in [4.78, 5) is 20.6. The van der Waals surface area contributed by atoms with Crippen molar-refractivity contribution in [3.63, 3.8) is 0 Å². The molecular formula is C14H15N3O4. The lowest BCUT2D eigenvalue weighted by atomic mass is 10.2. The average molecular weight is 289 g/mol. The Bertz CT molecular complexity index is 676. The van der Waals surface area contributed by atoms with Crippen LogP contribution in [-0.4, -0.2) is 52.4 Å². The number of fused-ring (bicyclic) bond motifs is 1. The van der Waals surface area contributed by atoms with Gasteiger partial charge in [0, 0.05) is 13.0 Å². The number of carbonyl (C=O) groups is 1. The molecule has 1 aromatic carbocycles. The first-order chi connectivity index (χ1) is 10.2. The van der Waals surface area contributed by atoms with Gasteiger partial charge >= 0.3 is 6.09 Å². The van der Waals surface area contributed by atoms with Crippen LogP contribution in [0, 0.1) is 0 Å². The lowest BCUT2D eigenvalue weighted by Crippen LogP contribution is -2.29. The fourth-order valence-electron chi connectivity index (χ4n) is 2.39. The molecule has 0 bridgehead atoms. The summed E-state index contributed by atoms with van der Waals surface area (Å²) < 4.78 is 11.1. The largest absolute Gasteiger partial charge is 0.497 e. The van der Waals surface area contributed by atoms with Crippen LogP contribution in [0.4, 0.5) is 4.79 Å². The molecule has 0 spiro atoms. The van der Waals surface area contributed by atoms with E-state index in [2.05, 4.69) is 9.97 Å². The number of benzene rings is 1. The quantitative estimate of drug-likeness (QED) is 0.927. The Morgan fingerprint density at radius 2 is 2.29 bits per heavy atom. The third-order valence-corrected chi connectivity index (χ3v) is 3.50. The summed E-state index contributed by atoms with van der Waals surface area (Å²) in [6.45, 7) is 0.830. The molecule has 1 aliphatic heterocycles. The van der Waals surface area contributed by atoms with Gasteiger partial charge in [-0.15, -0.1) is 0 Å². The zero-order chi connectivity index (χ0) is 14.8. The van der Waals surface area contributed by atoms with Gasteiger partial charge in [0.15, 0.2) is 0 Å². The van der Waals surface area contributed by atoms with E-state index in [0.29, 0.717) is 31.1 Å². The van der Waals surface area contributed by atoms with Crippen LogP contribution in [0.15, 0.2) is 24.5 Å². The number of ether oxygens (including phenoxy) is 2. The molecule has 1 aromatic heterocycles. The molecule has 1 fully saturated rings. The lowest BCUT2D eigenvalue weighted by Gasteiger charge is -2.15. The van der Waals surface area contributed by atoms with Crippen LogP contribution in [0.3, 0.4) is 0 Å². The molecule has 1 saturated heterocycles. The smallest absolute Gasteiger partial charge is 0.407 e. The molecular weight excluding hydrogens is 274 g/mol. The molecule has 7 nitrogen and oxygen atoms in total. The summed E-state index contributed by atoms with van der Waals surface area (Å²) in [7, 11) is 1.59. The maximum absolute atomic E-state index is 10.9. The predicted molar refractivity (Wildman–Crippen MR) is 74.7 cm³/mol. The standard InChI is InChI=1S/C14H15N3O4/c1-20-9-2-3-12-11(6-9)13(16-8-15-12)21-10-4-5-17(7-10)14(18)19/h2-3,6,8,10H,4-5,7H2,1H3,(H,18,19)/t10-/m1/s1. The third-order valence-electron chi connectivity index (χ3n) is 3.50. The Morgan fingerprint density at radius 1 is 1.43 bits per heavy atom. The van der Waals surface area contributed by atoms with Crippen molar-refractivity contribution in [3.8, 4) is 11.6 Å². The molecule has 0 unspecified atom stereocenters. The molecule has 3 rings (SSSR count). The van der Waals surface area contributed by atoms with Crippen LogP contribution in [0.5, 0.6) is 11.6 Å². The van der Waals surface area contributed by atoms with Gasteiger partial charge in [0.25, 0.3) is 0 Å². The Balaban J connectivity index is 1.85. The minimum Gasteiger partial charge on any atom is -0.497 e. The maximum Gasteiger partial charge on any atom is 0.407 e. The highest BCUT2D eigenvalue weighted by Gasteiger charge is 2.28. The molecule has 0 saturated carbocycles. The van der Waals surface area contributed by atoms with E-state index in [1.807, 2.05) is 18.2 Å². The number of rotatable bonds is 3. The zero-order valence-corrected chi connectivity index (χ0v) is 11.5. The molecule has 1 aliphatic rings. The second kappa shape index (κ2) is 5.43. The first-order valence-corrected chi connectivity index (χ1v) is 6.60. The topological polar surface area (TPSA) is 84.8 Å². The second-order valence-corrected chi connectivity index (χ2v) is 4.82. The van der Waals surface area contributed by atoms with Crippen LogP contribution in [0.25, 0.3) is 10.9 Å². The monoisotopic (exact) mass is 289 g/mol. The molecule has 0 radical (unpaired) electrons. The number of amides is 1. The van der Waals surface area contributed by atoms with E-state index in [1.165, 1.54) is 11.2 Å². The van der Waals surface area contributed by atoms with Crippen molar-refractivity contribution >= 4 is 17.0 Å². The van der Waals surface area contributed by atoms with Crippen molar-refractivity contribution in [2.45, 2.75) is 12.5 Å². The zero-order valence-electron chi connectivity index (χ0n) is 11.5.